The fourth-order valence-corrected chi connectivity index (χ4v) is 3.20. The molecule has 1 aromatic heterocycles. The first-order chi connectivity index (χ1) is 11.7. The van der Waals surface area contributed by atoms with Gasteiger partial charge in [0.25, 0.3) is 0 Å². The Morgan fingerprint density at radius 1 is 1.21 bits per heavy atom. The van der Waals surface area contributed by atoms with Gasteiger partial charge in [-0.25, -0.2) is 0 Å². The number of benzene rings is 1. The highest BCUT2D eigenvalue weighted by Gasteiger charge is 2.20. The predicted molar refractivity (Wildman–Crippen MR) is 94.9 cm³/mol. The summed E-state index contributed by atoms with van der Waals surface area (Å²) < 4.78 is 5.26. The van der Waals surface area contributed by atoms with Crippen LogP contribution in [-0.2, 0) is 17.8 Å². The molecule has 4 nitrogen and oxygen atoms in total. The van der Waals surface area contributed by atoms with Gasteiger partial charge in [-0.1, -0.05) is 23.7 Å². The van der Waals surface area contributed by atoms with Gasteiger partial charge in [0.2, 0.25) is 5.91 Å². The van der Waals surface area contributed by atoms with E-state index in [2.05, 4.69) is 22.3 Å². The average molecular weight is 347 g/mol. The molecule has 1 aromatic carbocycles. The van der Waals surface area contributed by atoms with Gasteiger partial charge in [-0.3, -0.25) is 9.69 Å². The number of aryl methyl sites for hydroxylation is 1. The van der Waals surface area contributed by atoms with Crippen LogP contribution in [0.4, 0.5) is 0 Å². The van der Waals surface area contributed by atoms with E-state index in [0.29, 0.717) is 12.8 Å². The topological polar surface area (TPSA) is 45.5 Å². The van der Waals surface area contributed by atoms with E-state index in [0.717, 1.165) is 43.3 Å². The number of piperidine rings is 1. The largest absolute Gasteiger partial charge is 0.469 e. The molecule has 2 aromatic rings. The van der Waals surface area contributed by atoms with Crippen molar-refractivity contribution in [2.24, 2.45) is 0 Å². The van der Waals surface area contributed by atoms with Crippen molar-refractivity contribution in [1.29, 1.82) is 0 Å². The van der Waals surface area contributed by atoms with Crippen LogP contribution in [0.15, 0.2) is 47.1 Å². The van der Waals surface area contributed by atoms with Crippen LogP contribution in [0.3, 0.4) is 0 Å². The Morgan fingerprint density at radius 3 is 2.62 bits per heavy atom. The highest BCUT2D eigenvalue weighted by atomic mass is 35.5. The summed E-state index contributed by atoms with van der Waals surface area (Å²) in [6.45, 7) is 2.95. The maximum absolute atomic E-state index is 12.0. The first-order valence-electron chi connectivity index (χ1n) is 8.47. The molecule has 1 saturated heterocycles. The molecule has 0 radical (unpaired) electrons. The molecule has 0 saturated carbocycles. The summed E-state index contributed by atoms with van der Waals surface area (Å²) in [5.41, 5.74) is 1.28. The number of hydrogen-bond acceptors (Lipinski definition) is 3. The predicted octanol–water partition coefficient (Wildman–Crippen LogP) is 3.65. The zero-order chi connectivity index (χ0) is 16.8. The molecule has 0 aliphatic carbocycles. The molecular weight excluding hydrogens is 324 g/mol. The van der Waals surface area contributed by atoms with Crippen LogP contribution in [0.2, 0.25) is 5.02 Å². The molecule has 1 aliphatic rings. The Labute approximate surface area is 147 Å². The highest BCUT2D eigenvalue weighted by Crippen LogP contribution is 2.16. The molecule has 0 atom stereocenters. The van der Waals surface area contributed by atoms with E-state index in [9.17, 15) is 4.79 Å². The number of hydrogen-bond donors (Lipinski definition) is 1. The summed E-state index contributed by atoms with van der Waals surface area (Å²) in [6.07, 6.45) is 4.79. The average Bonchev–Trinajstić information content (AvgIpc) is 3.10. The Kier molecular flexibility index (Phi) is 5.94. The molecule has 1 fully saturated rings. The summed E-state index contributed by atoms with van der Waals surface area (Å²) in [5, 5.41) is 3.92. The van der Waals surface area contributed by atoms with E-state index in [-0.39, 0.29) is 11.9 Å². The van der Waals surface area contributed by atoms with Gasteiger partial charge in [-0.05, 0) is 42.7 Å². The first kappa shape index (κ1) is 17.1. The van der Waals surface area contributed by atoms with Crippen LogP contribution in [-0.4, -0.2) is 29.9 Å². The van der Waals surface area contributed by atoms with E-state index in [1.165, 1.54) is 5.56 Å². The number of halogens is 1. The third-order valence-corrected chi connectivity index (χ3v) is 4.70. The minimum Gasteiger partial charge on any atom is -0.469 e. The Morgan fingerprint density at radius 2 is 1.96 bits per heavy atom. The van der Waals surface area contributed by atoms with Gasteiger partial charge >= 0.3 is 0 Å². The van der Waals surface area contributed by atoms with Crippen LogP contribution in [0.25, 0.3) is 0 Å². The lowest BCUT2D eigenvalue weighted by molar-refractivity contribution is -0.122. The number of nitrogens with zero attached hydrogens (tertiary/aromatic N) is 1. The number of carbonyl (C=O) groups excluding carboxylic acids is 1. The summed E-state index contributed by atoms with van der Waals surface area (Å²) in [5.74, 6) is 0.977. The van der Waals surface area contributed by atoms with Crippen molar-refractivity contribution < 1.29 is 9.21 Å². The van der Waals surface area contributed by atoms with Gasteiger partial charge < -0.3 is 9.73 Å². The number of amides is 1. The smallest absolute Gasteiger partial charge is 0.220 e. The summed E-state index contributed by atoms with van der Waals surface area (Å²) in [6, 6.07) is 12.1. The van der Waals surface area contributed by atoms with Gasteiger partial charge in [-0.2, -0.15) is 0 Å². The molecular formula is C19H23ClN2O2. The first-order valence-corrected chi connectivity index (χ1v) is 8.85. The van der Waals surface area contributed by atoms with Crippen molar-refractivity contribution in [2.45, 2.75) is 38.3 Å². The van der Waals surface area contributed by atoms with Gasteiger partial charge in [0.1, 0.15) is 5.76 Å². The molecule has 1 amide bonds. The van der Waals surface area contributed by atoms with E-state index in [4.69, 9.17) is 16.0 Å². The number of likely N-dealkylation sites (tertiary alicyclic amines) is 1. The fraction of sp³-hybridized carbons (Fsp3) is 0.421. The molecule has 128 valence electrons. The zero-order valence-corrected chi connectivity index (χ0v) is 14.5. The molecule has 2 heterocycles. The summed E-state index contributed by atoms with van der Waals surface area (Å²) in [4.78, 5) is 14.5. The van der Waals surface area contributed by atoms with Crippen molar-refractivity contribution in [3.8, 4) is 0 Å². The number of rotatable bonds is 6. The molecule has 0 bridgehead atoms. The SMILES string of the molecule is O=C(CCc1ccco1)NC1CCN(Cc2ccc(Cl)cc2)CC1. The quantitative estimate of drug-likeness (QED) is 0.868. The lowest BCUT2D eigenvalue weighted by atomic mass is 10.0. The molecule has 1 aliphatic heterocycles. The van der Waals surface area contributed by atoms with Crippen molar-refractivity contribution in [3.05, 3.63) is 59.0 Å². The number of carbonyl (C=O) groups is 1. The third kappa shape index (κ3) is 5.11. The highest BCUT2D eigenvalue weighted by molar-refractivity contribution is 6.30. The van der Waals surface area contributed by atoms with E-state index < -0.39 is 0 Å². The second-order valence-electron chi connectivity index (χ2n) is 6.32. The van der Waals surface area contributed by atoms with Crippen molar-refractivity contribution in [1.82, 2.24) is 10.2 Å². The molecule has 0 unspecified atom stereocenters. The minimum atomic E-state index is 0.113. The Balaban J connectivity index is 1.37. The van der Waals surface area contributed by atoms with E-state index in [1.807, 2.05) is 24.3 Å². The Hall–Kier alpha value is -1.78. The van der Waals surface area contributed by atoms with Crippen LogP contribution in [0.1, 0.15) is 30.6 Å². The lowest BCUT2D eigenvalue weighted by Crippen LogP contribution is -2.44. The fourth-order valence-electron chi connectivity index (χ4n) is 3.07. The molecule has 3 rings (SSSR count). The van der Waals surface area contributed by atoms with E-state index >= 15 is 0 Å². The number of furan rings is 1. The van der Waals surface area contributed by atoms with Crippen molar-refractivity contribution in [3.63, 3.8) is 0 Å². The van der Waals surface area contributed by atoms with Gasteiger partial charge in [0.05, 0.1) is 6.26 Å². The monoisotopic (exact) mass is 346 g/mol. The van der Waals surface area contributed by atoms with Crippen LogP contribution < -0.4 is 5.32 Å². The van der Waals surface area contributed by atoms with Gasteiger partial charge in [0, 0.05) is 43.5 Å². The van der Waals surface area contributed by atoms with Gasteiger partial charge in [0.15, 0.2) is 0 Å². The van der Waals surface area contributed by atoms with Crippen LogP contribution in [0.5, 0.6) is 0 Å². The molecule has 24 heavy (non-hydrogen) atoms. The summed E-state index contributed by atoms with van der Waals surface area (Å²) >= 11 is 5.92. The maximum atomic E-state index is 12.0. The minimum absolute atomic E-state index is 0.113. The van der Waals surface area contributed by atoms with Gasteiger partial charge in [-0.15, -0.1) is 0 Å². The van der Waals surface area contributed by atoms with Crippen molar-refractivity contribution >= 4 is 17.5 Å². The van der Waals surface area contributed by atoms with Crippen LogP contribution in [0, 0.1) is 0 Å². The normalized spacial score (nSPS) is 16.2. The summed E-state index contributed by atoms with van der Waals surface area (Å²) in [7, 11) is 0. The molecule has 5 heteroatoms. The molecule has 1 N–H and O–H groups in total. The van der Waals surface area contributed by atoms with Crippen LogP contribution >= 0.6 is 11.6 Å². The second-order valence-corrected chi connectivity index (χ2v) is 6.76. The lowest BCUT2D eigenvalue weighted by Gasteiger charge is -2.32. The third-order valence-electron chi connectivity index (χ3n) is 4.45. The van der Waals surface area contributed by atoms with E-state index in [1.54, 1.807) is 6.26 Å². The zero-order valence-electron chi connectivity index (χ0n) is 13.7. The number of nitrogens with one attached hydrogen (secondary N) is 1. The maximum Gasteiger partial charge on any atom is 0.220 e. The second kappa shape index (κ2) is 8.36. The molecule has 0 spiro atoms. The Bertz CT molecular complexity index is 632. The standard InChI is InChI=1S/C19H23ClN2O2/c20-16-5-3-15(4-6-16)14-22-11-9-17(10-12-22)21-19(23)8-7-18-2-1-13-24-18/h1-6,13,17H,7-12,14H2,(H,21,23). The van der Waals surface area contributed by atoms with Crippen molar-refractivity contribution in [2.75, 3.05) is 13.1 Å².